The monoisotopic (exact) mass is 167 g/mol. The fourth-order valence-corrected chi connectivity index (χ4v) is 0.841. The van der Waals surface area contributed by atoms with Crippen LogP contribution in [0, 0.1) is 0 Å². The van der Waals surface area contributed by atoms with Gasteiger partial charge in [-0.1, -0.05) is 12.1 Å². The second-order valence-corrected chi connectivity index (χ2v) is 2.36. The molecule has 0 amide bonds. The smallest absolute Gasteiger partial charge is 0.218 e. The highest BCUT2D eigenvalue weighted by Gasteiger charge is 2.12. The Labute approximate surface area is 69.3 Å². The Morgan fingerprint density at radius 3 is 2.58 bits per heavy atom. The molecule has 0 saturated carbocycles. The number of Topliss-reactive ketones (excluding diaryl/α,β-unsaturated/α-hetero) is 1. The van der Waals surface area contributed by atoms with Crippen LogP contribution in [0.15, 0.2) is 24.3 Å². The van der Waals surface area contributed by atoms with Crippen LogP contribution in [0.1, 0.15) is 10.4 Å². The van der Waals surface area contributed by atoms with Crippen molar-refractivity contribution in [3.05, 3.63) is 29.8 Å². The summed E-state index contributed by atoms with van der Waals surface area (Å²) in [4.78, 5) is 10.9. The molecule has 0 aromatic heterocycles. The number of anilines is 1. The largest absolute Gasteiger partial charge is 0.399 e. The number of nitrogens with two attached hydrogens (primary N) is 1. The lowest BCUT2D eigenvalue weighted by atomic mass is 10.1. The average molecular weight is 167 g/mol. The summed E-state index contributed by atoms with van der Waals surface area (Å²) in [5.41, 5.74) is 6.00. The van der Waals surface area contributed by atoms with Crippen molar-refractivity contribution in [2.24, 2.45) is 0 Å². The van der Waals surface area contributed by atoms with Crippen LogP contribution in [0.25, 0.3) is 0 Å². The molecule has 1 aromatic carbocycles. The molecule has 1 aromatic rings. The Hall–Kier alpha value is -1.39. The van der Waals surface area contributed by atoms with Crippen molar-refractivity contribution in [2.45, 2.75) is 6.29 Å². The molecule has 0 fully saturated rings. The summed E-state index contributed by atoms with van der Waals surface area (Å²) in [7, 11) is 0. The zero-order valence-corrected chi connectivity index (χ0v) is 6.27. The maximum atomic E-state index is 10.9. The van der Waals surface area contributed by atoms with Crippen molar-refractivity contribution in [3.8, 4) is 0 Å². The van der Waals surface area contributed by atoms with Gasteiger partial charge >= 0.3 is 0 Å². The zero-order valence-electron chi connectivity index (χ0n) is 6.27. The van der Waals surface area contributed by atoms with Gasteiger partial charge in [-0.05, 0) is 12.1 Å². The summed E-state index contributed by atoms with van der Waals surface area (Å²) in [6.45, 7) is 0. The van der Waals surface area contributed by atoms with E-state index in [1.54, 1.807) is 12.1 Å². The fraction of sp³-hybridized carbons (Fsp3) is 0.125. The molecule has 4 nitrogen and oxygen atoms in total. The van der Waals surface area contributed by atoms with Gasteiger partial charge in [0.05, 0.1) is 0 Å². The number of benzene rings is 1. The van der Waals surface area contributed by atoms with Crippen LogP contribution >= 0.6 is 0 Å². The zero-order chi connectivity index (χ0) is 9.14. The van der Waals surface area contributed by atoms with Gasteiger partial charge < -0.3 is 15.9 Å². The lowest BCUT2D eigenvalue weighted by Crippen LogP contribution is -2.19. The lowest BCUT2D eigenvalue weighted by Gasteiger charge is -2.02. The van der Waals surface area contributed by atoms with Crippen molar-refractivity contribution in [1.29, 1.82) is 0 Å². The van der Waals surface area contributed by atoms with E-state index < -0.39 is 12.1 Å². The molecular weight excluding hydrogens is 158 g/mol. The van der Waals surface area contributed by atoms with Crippen molar-refractivity contribution < 1.29 is 15.0 Å². The van der Waals surface area contributed by atoms with E-state index in [0.717, 1.165) is 0 Å². The predicted molar refractivity (Wildman–Crippen MR) is 43.4 cm³/mol. The topological polar surface area (TPSA) is 83.6 Å². The summed E-state index contributed by atoms with van der Waals surface area (Å²) in [6, 6.07) is 6.05. The summed E-state index contributed by atoms with van der Waals surface area (Å²) < 4.78 is 0. The standard InChI is InChI=1S/C8H9NO3/c9-6-3-1-2-5(4-6)7(10)8(11)12/h1-4,8,11-12H,9H2. The van der Waals surface area contributed by atoms with Gasteiger partial charge in [0.25, 0.3) is 0 Å². The van der Waals surface area contributed by atoms with Gasteiger partial charge in [0.2, 0.25) is 12.1 Å². The van der Waals surface area contributed by atoms with Gasteiger partial charge in [-0.15, -0.1) is 0 Å². The Kier molecular flexibility index (Phi) is 2.42. The SMILES string of the molecule is Nc1cccc(C(=O)C(O)O)c1. The minimum atomic E-state index is -1.97. The quantitative estimate of drug-likeness (QED) is 0.322. The molecule has 0 atom stereocenters. The molecule has 0 spiro atoms. The molecule has 4 N–H and O–H groups in total. The highest BCUT2D eigenvalue weighted by molar-refractivity contribution is 5.98. The molecule has 0 aliphatic heterocycles. The van der Waals surface area contributed by atoms with E-state index in [2.05, 4.69) is 0 Å². The van der Waals surface area contributed by atoms with E-state index >= 15 is 0 Å². The van der Waals surface area contributed by atoms with Crippen LogP contribution in [0.5, 0.6) is 0 Å². The highest BCUT2D eigenvalue weighted by atomic mass is 16.5. The first-order valence-electron chi connectivity index (χ1n) is 3.37. The molecule has 0 heterocycles. The van der Waals surface area contributed by atoms with Crippen molar-refractivity contribution in [2.75, 3.05) is 5.73 Å². The Balaban J connectivity index is 2.96. The van der Waals surface area contributed by atoms with E-state index in [9.17, 15) is 4.79 Å². The molecule has 1 rings (SSSR count). The highest BCUT2D eigenvalue weighted by Crippen LogP contribution is 2.08. The number of carbonyl (C=O) groups excluding carboxylic acids is 1. The van der Waals surface area contributed by atoms with Crippen LogP contribution in [-0.2, 0) is 0 Å². The number of nitrogen functional groups attached to an aromatic ring is 1. The minimum Gasteiger partial charge on any atom is -0.399 e. The van der Waals surface area contributed by atoms with Crippen LogP contribution < -0.4 is 5.73 Å². The Morgan fingerprint density at radius 2 is 2.08 bits per heavy atom. The molecule has 4 heteroatoms. The molecular formula is C8H9NO3. The van der Waals surface area contributed by atoms with Crippen molar-refractivity contribution >= 4 is 11.5 Å². The first-order chi connectivity index (χ1) is 5.61. The molecule has 0 aliphatic rings. The molecule has 0 bridgehead atoms. The number of carbonyl (C=O) groups is 1. The van der Waals surface area contributed by atoms with Crippen LogP contribution in [0.4, 0.5) is 5.69 Å². The Bertz CT molecular complexity index is 296. The van der Waals surface area contributed by atoms with E-state index in [1.807, 2.05) is 0 Å². The second-order valence-electron chi connectivity index (χ2n) is 2.36. The van der Waals surface area contributed by atoms with E-state index in [0.29, 0.717) is 5.69 Å². The number of hydrogen-bond donors (Lipinski definition) is 3. The van der Waals surface area contributed by atoms with Gasteiger partial charge in [-0.25, -0.2) is 0 Å². The maximum Gasteiger partial charge on any atom is 0.218 e. The third-order valence-electron chi connectivity index (χ3n) is 1.41. The van der Waals surface area contributed by atoms with Crippen LogP contribution in [0.2, 0.25) is 0 Å². The van der Waals surface area contributed by atoms with Gasteiger partial charge in [-0.2, -0.15) is 0 Å². The molecule has 0 aliphatic carbocycles. The van der Waals surface area contributed by atoms with E-state index in [1.165, 1.54) is 12.1 Å². The molecule has 64 valence electrons. The number of rotatable bonds is 2. The number of ketones is 1. The maximum absolute atomic E-state index is 10.9. The van der Waals surface area contributed by atoms with Gasteiger partial charge in [-0.3, -0.25) is 4.79 Å². The molecule has 0 saturated heterocycles. The number of hydrogen-bond acceptors (Lipinski definition) is 4. The Morgan fingerprint density at radius 1 is 1.42 bits per heavy atom. The average Bonchev–Trinajstić information content (AvgIpc) is 2.03. The minimum absolute atomic E-state index is 0.199. The third-order valence-corrected chi connectivity index (χ3v) is 1.41. The summed E-state index contributed by atoms with van der Waals surface area (Å²) >= 11 is 0. The molecule has 0 radical (unpaired) electrons. The third kappa shape index (κ3) is 1.81. The molecule has 12 heavy (non-hydrogen) atoms. The van der Waals surface area contributed by atoms with Crippen LogP contribution in [-0.4, -0.2) is 22.3 Å². The van der Waals surface area contributed by atoms with Gasteiger partial charge in [0.15, 0.2) is 0 Å². The molecule has 0 unspecified atom stereocenters. The number of aliphatic hydroxyl groups is 2. The second kappa shape index (κ2) is 3.34. The summed E-state index contributed by atoms with van der Waals surface area (Å²) in [6.07, 6.45) is -1.97. The van der Waals surface area contributed by atoms with Crippen molar-refractivity contribution in [1.82, 2.24) is 0 Å². The normalized spacial score (nSPS) is 10.2. The fourth-order valence-electron chi connectivity index (χ4n) is 0.841. The van der Waals surface area contributed by atoms with E-state index in [-0.39, 0.29) is 5.56 Å². The lowest BCUT2D eigenvalue weighted by molar-refractivity contribution is -0.0195. The first-order valence-corrected chi connectivity index (χ1v) is 3.37. The first kappa shape index (κ1) is 8.70. The number of aliphatic hydroxyl groups excluding tert-OH is 1. The van der Waals surface area contributed by atoms with Gasteiger partial charge in [0, 0.05) is 11.3 Å². The van der Waals surface area contributed by atoms with Gasteiger partial charge in [0.1, 0.15) is 0 Å². The van der Waals surface area contributed by atoms with Crippen molar-refractivity contribution in [3.63, 3.8) is 0 Å². The predicted octanol–water partition coefficient (Wildman–Crippen LogP) is -0.238. The van der Waals surface area contributed by atoms with E-state index in [4.69, 9.17) is 15.9 Å². The van der Waals surface area contributed by atoms with Crippen LogP contribution in [0.3, 0.4) is 0 Å². The summed E-state index contributed by atoms with van der Waals surface area (Å²) in [5.74, 6) is -0.748. The summed E-state index contributed by atoms with van der Waals surface area (Å²) in [5, 5.41) is 17.1.